The third-order valence-corrected chi connectivity index (χ3v) is 5.61. The lowest BCUT2D eigenvalue weighted by atomic mass is 10.1. The molecule has 2 rings (SSSR count). The second kappa shape index (κ2) is 8.64. The molecule has 1 aliphatic heterocycles. The van der Waals surface area contributed by atoms with E-state index in [9.17, 15) is 13.2 Å². The number of sulfonamides is 1. The summed E-state index contributed by atoms with van der Waals surface area (Å²) < 4.78 is 30.7. The number of aryl methyl sites for hydroxylation is 2. The van der Waals surface area contributed by atoms with Crippen LogP contribution in [-0.4, -0.2) is 66.5 Å². The third-order valence-electron chi connectivity index (χ3n) is 4.47. The molecule has 0 saturated carbocycles. The van der Waals surface area contributed by atoms with Gasteiger partial charge in [0.05, 0.1) is 38.2 Å². The van der Waals surface area contributed by atoms with Crippen LogP contribution in [0.3, 0.4) is 0 Å². The van der Waals surface area contributed by atoms with E-state index in [4.69, 9.17) is 4.74 Å². The molecule has 140 valence electrons. The molecule has 0 bridgehead atoms. The van der Waals surface area contributed by atoms with Crippen LogP contribution in [-0.2, 0) is 19.6 Å². The molecule has 1 fully saturated rings. The number of benzene rings is 1. The molecule has 1 aromatic rings. The van der Waals surface area contributed by atoms with Crippen molar-refractivity contribution in [3.8, 4) is 0 Å². The zero-order chi connectivity index (χ0) is 18.4. The van der Waals surface area contributed by atoms with Crippen LogP contribution < -0.4 is 14.5 Å². The quantitative estimate of drug-likeness (QED) is 0.652. The van der Waals surface area contributed by atoms with E-state index in [1.807, 2.05) is 19.9 Å². The maximum absolute atomic E-state index is 12.2. The van der Waals surface area contributed by atoms with E-state index in [-0.39, 0.29) is 12.5 Å². The first-order chi connectivity index (χ1) is 11.8. The molecule has 25 heavy (non-hydrogen) atoms. The highest BCUT2D eigenvalue weighted by Gasteiger charge is 2.21. The Labute approximate surface area is 150 Å². The molecular formula is C17H28N3O4S+. The highest BCUT2D eigenvalue weighted by Crippen LogP contribution is 2.20. The van der Waals surface area contributed by atoms with Gasteiger partial charge in [-0.3, -0.25) is 9.10 Å². The van der Waals surface area contributed by atoms with Crippen molar-refractivity contribution in [1.82, 2.24) is 5.32 Å². The van der Waals surface area contributed by atoms with E-state index in [2.05, 4.69) is 5.32 Å². The van der Waals surface area contributed by atoms with E-state index < -0.39 is 10.0 Å². The zero-order valence-corrected chi connectivity index (χ0v) is 16.0. The predicted molar refractivity (Wildman–Crippen MR) is 97.5 cm³/mol. The summed E-state index contributed by atoms with van der Waals surface area (Å²) in [6.45, 7) is 8.39. The van der Waals surface area contributed by atoms with E-state index in [1.54, 1.807) is 12.1 Å². The van der Waals surface area contributed by atoms with Crippen molar-refractivity contribution in [3.63, 3.8) is 0 Å². The van der Waals surface area contributed by atoms with Crippen molar-refractivity contribution < 1.29 is 22.8 Å². The smallest absolute Gasteiger partial charge is 0.240 e. The van der Waals surface area contributed by atoms with Gasteiger partial charge in [-0.25, -0.2) is 8.42 Å². The monoisotopic (exact) mass is 370 g/mol. The van der Waals surface area contributed by atoms with Crippen LogP contribution in [0, 0.1) is 13.8 Å². The Hall–Kier alpha value is -1.64. The van der Waals surface area contributed by atoms with Crippen molar-refractivity contribution in [2.45, 2.75) is 13.8 Å². The third kappa shape index (κ3) is 5.98. The number of ether oxygens (including phenoxy) is 1. The average Bonchev–Trinajstić information content (AvgIpc) is 2.55. The number of carbonyl (C=O) groups excluding carboxylic acids is 1. The number of quaternary nitrogens is 1. The van der Waals surface area contributed by atoms with Gasteiger partial charge in [-0.15, -0.1) is 0 Å². The molecule has 1 saturated heterocycles. The van der Waals surface area contributed by atoms with Gasteiger partial charge >= 0.3 is 0 Å². The Kier molecular flexibility index (Phi) is 6.80. The van der Waals surface area contributed by atoms with Crippen LogP contribution in [0.5, 0.6) is 0 Å². The first-order valence-electron chi connectivity index (χ1n) is 8.50. The zero-order valence-electron chi connectivity index (χ0n) is 15.2. The van der Waals surface area contributed by atoms with Crippen LogP contribution in [0.4, 0.5) is 5.69 Å². The number of morpholine rings is 1. The van der Waals surface area contributed by atoms with Gasteiger partial charge in [0, 0.05) is 0 Å². The van der Waals surface area contributed by atoms with Gasteiger partial charge in [0.15, 0.2) is 0 Å². The van der Waals surface area contributed by atoms with E-state index in [0.717, 1.165) is 54.5 Å². The lowest BCUT2D eigenvalue weighted by Crippen LogP contribution is -3.14. The van der Waals surface area contributed by atoms with Gasteiger partial charge in [0.2, 0.25) is 15.9 Å². The van der Waals surface area contributed by atoms with Gasteiger partial charge in [0.1, 0.15) is 19.6 Å². The second-order valence-corrected chi connectivity index (χ2v) is 8.41. The number of nitrogens with zero attached hydrogens (tertiary/aromatic N) is 1. The molecule has 0 unspecified atom stereocenters. The summed E-state index contributed by atoms with van der Waals surface area (Å²) in [5, 5.41) is 2.82. The fourth-order valence-corrected chi connectivity index (χ4v) is 3.60. The van der Waals surface area contributed by atoms with Crippen molar-refractivity contribution in [1.29, 1.82) is 0 Å². The lowest BCUT2D eigenvalue weighted by molar-refractivity contribution is -0.906. The van der Waals surface area contributed by atoms with Crippen molar-refractivity contribution in [3.05, 3.63) is 29.3 Å². The van der Waals surface area contributed by atoms with Gasteiger partial charge in [-0.05, 0) is 37.1 Å². The molecule has 2 N–H and O–H groups in total. The minimum atomic E-state index is -3.54. The Bertz CT molecular complexity index is 700. The number of amides is 1. The molecule has 7 nitrogen and oxygen atoms in total. The fraction of sp³-hybridized carbons (Fsp3) is 0.588. The molecule has 8 heteroatoms. The van der Waals surface area contributed by atoms with Crippen LogP contribution in [0.2, 0.25) is 0 Å². The summed E-state index contributed by atoms with van der Waals surface area (Å²) in [4.78, 5) is 13.6. The lowest BCUT2D eigenvalue weighted by Gasteiger charge is -2.25. The average molecular weight is 370 g/mol. The minimum Gasteiger partial charge on any atom is -0.370 e. The number of nitrogens with one attached hydrogen (secondary N) is 2. The number of rotatable bonds is 7. The molecule has 0 atom stereocenters. The summed E-state index contributed by atoms with van der Waals surface area (Å²) >= 11 is 0. The van der Waals surface area contributed by atoms with Gasteiger partial charge in [-0.1, -0.05) is 6.07 Å². The normalized spacial score (nSPS) is 15.8. The highest BCUT2D eigenvalue weighted by molar-refractivity contribution is 7.92. The standard InChI is InChI=1S/C17H27N3O4S/c1-14-4-5-16(12-15(14)2)20(25(3,22)23)13-17(21)18-6-7-19-8-10-24-11-9-19/h4-5,12H,6-11,13H2,1-3H3,(H,18,21)/p+1. The second-order valence-electron chi connectivity index (χ2n) is 6.50. The molecule has 0 aliphatic carbocycles. The van der Waals surface area contributed by atoms with Crippen LogP contribution in [0.15, 0.2) is 18.2 Å². The summed E-state index contributed by atoms with van der Waals surface area (Å²) in [5.41, 5.74) is 2.58. The van der Waals surface area contributed by atoms with E-state index in [1.165, 1.54) is 4.90 Å². The molecule has 0 aromatic heterocycles. The van der Waals surface area contributed by atoms with Crippen LogP contribution in [0.1, 0.15) is 11.1 Å². The Morgan fingerprint density at radius 3 is 2.52 bits per heavy atom. The highest BCUT2D eigenvalue weighted by atomic mass is 32.2. The molecule has 0 spiro atoms. The number of hydrogen-bond acceptors (Lipinski definition) is 4. The SMILES string of the molecule is Cc1ccc(N(CC(=O)NCC[NH+]2CCOCC2)S(C)(=O)=O)cc1C. The van der Waals surface area contributed by atoms with Crippen LogP contribution >= 0.6 is 0 Å². The largest absolute Gasteiger partial charge is 0.370 e. The first kappa shape index (κ1) is 19.7. The summed E-state index contributed by atoms with van der Waals surface area (Å²) in [5.74, 6) is -0.295. The number of hydrogen-bond donors (Lipinski definition) is 2. The van der Waals surface area contributed by atoms with Crippen molar-refractivity contribution in [2.75, 3.05) is 56.5 Å². The maximum Gasteiger partial charge on any atom is 0.240 e. The van der Waals surface area contributed by atoms with E-state index in [0.29, 0.717) is 12.2 Å². The summed E-state index contributed by atoms with van der Waals surface area (Å²) in [7, 11) is -3.54. The van der Waals surface area contributed by atoms with E-state index >= 15 is 0 Å². The first-order valence-corrected chi connectivity index (χ1v) is 10.3. The topological polar surface area (TPSA) is 80.2 Å². The molecule has 0 radical (unpaired) electrons. The Morgan fingerprint density at radius 1 is 1.24 bits per heavy atom. The summed E-state index contributed by atoms with van der Waals surface area (Å²) in [6.07, 6.45) is 1.12. The van der Waals surface area contributed by atoms with Gasteiger partial charge < -0.3 is 15.0 Å². The fourth-order valence-electron chi connectivity index (χ4n) is 2.76. The Morgan fingerprint density at radius 2 is 1.92 bits per heavy atom. The minimum absolute atomic E-state index is 0.209. The predicted octanol–water partition coefficient (Wildman–Crippen LogP) is -0.899. The maximum atomic E-state index is 12.2. The molecule has 1 aliphatic rings. The van der Waals surface area contributed by atoms with Crippen molar-refractivity contribution in [2.24, 2.45) is 0 Å². The van der Waals surface area contributed by atoms with Crippen molar-refractivity contribution >= 4 is 21.6 Å². The number of carbonyl (C=O) groups is 1. The Balaban J connectivity index is 1.94. The summed E-state index contributed by atoms with van der Waals surface area (Å²) in [6, 6.07) is 5.39. The molecule has 1 heterocycles. The molecule has 1 amide bonds. The molecule has 1 aromatic carbocycles. The molecular weight excluding hydrogens is 342 g/mol. The number of anilines is 1. The van der Waals surface area contributed by atoms with Gasteiger partial charge in [0.25, 0.3) is 0 Å². The van der Waals surface area contributed by atoms with Gasteiger partial charge in [-0.2, -0.15) is 0 Å². The van der Waals surface area contributed by atoms with Crippen LogP contribution in [0.25, 0.3) is 0 Å².